The van der Waals surface area contributed by atoms with Crippen molar-refractivity contribution in [1.82, 2.24) is 0 Å². The Hall–Kier alpha value is -1.56. The van der Waals surface area contributed by atoms with Crippen LogP contribution >= 0.6 is 0 Å². The SMILES string of the molecule is CCC(C#N)(Nc1cc(C)cc(F)c1)C(C)C. The number of nitriles is 1. The third-order valence-corrected chi connectivity index (χ3v) is 3.15. The quantitative estimate of drug-likeness (QED) is 0.858. The number of nitrogens with one attached hydrogen (secondary N) is 1. The monoisotopic (exact) mass is 234 g/mol. The van der Waals surface area contributed by atoms with Gasteiger partial charge in [-0.15, -0.1) is 0 Å². The number of benzene rings is 1. The first kappa shape index (κ1) is 13.5. The lowest BCUT2D eigenvalue weighted by molar-refractivity contribution is 0.416. The molecule has 1 atom stereocenters. The Bertz CT molecular complexity index is 414. The number of rotatable bonds is 4. The molecule has 0 aliphatic carbocycles. The maximum absolute atomic E-state index is 13.3. The molecule has 0 amide bonds. The van der Waals surface area contributed by atoms with E-state index in [9.17, 15) is 9.65 Å². The first-order valence-corrected chi connectivity index (χ1v) is 5.90. The zero-order valence-electron chi connectivity index (χ0n) is 10.8. The molecule has 0 aromatic heterocycles. The predicted molar refractivity (Wildman–Crippen MR) is 68.2 cm³/mol. The van der Waals surface area contributed by atoms with E-state index in [0.717, 1.165) is 5.56 Å². The number of hydrogen-bond donors (Lipinski definition) is 1. The predicted octanol–water partition coefficient (Wildman–Crippen LogP) is 3.87. The van der Waals surface area contributed by atoms with Crippen molar-refractivity contribution in [2.24, 2.45) is 5.92 Å². The molecule has 1 aromatic carbocycles. The molecule has 0 saturated heterocycles. The largest absolute Gasteiger partial charge is 0.367 e. The summed E-state index contributed by atoms with van der Waals surface area (Å²) in [5.74, 6) is -0.125. The van der Waals surface area contributed by atoms with Gasteiger partial charge in [-0.25, -0.2) is 4.39 Å². The van der Waals surface area contributed by atoms with Gasteiger partial charge in [-0.1, -0.05) is 20.8 Å². The highest BCUT2D eigenvalue weighted by atomic mass is 19.1. The molecular formula is C14H19FN2. The van der Waals surface area contributed by atoms with Crippen LogP contribution in [-0.4, -0.2) is 5.54 Å². The summed E-state index contributed by atoms with van der Waals surface area (Å²) in [4.78, 5) is 0. The molecule has 1 aromatic rings. The van der Waals surface area contributed by atoms with Crippen LogP contribution in [0.2, 0.25) is 0 Å². The zero-order valence-corrected chi connectivity index (χ0v) is 10.8. The lowest BCUT2D eigenvalue weighted by Gasteiger charge is -2.31. The van der Waals surface area contributed by atoms with Crippen molar-refractivity contribution in [3.8, 4) is 6.07 Å². The lowest BCUT2D eigenvalue weighted by Crippen LogP contribution is -2.41. The normalized spacial score (nSPS) is 14.2. The number of halogens is 1. The third kappa shape index (κ3) is 2.97. The second-order valence-electron chi connectivity index (χ2n) is 4.73. The summed E-state index contributed by atoms with van der Waals surface area (Å²) in [5, 5.41) is 12.5. The van der Waals surface area contributed by atoms with Crippen molar-refractivity contribution < 1.29 is 4.39 Å². The van der Waals surface area contributed by atoms with Gasteiger partial charge in [0, 0.05) is 5.69 Å². The van der Waals surface area contributed by atoms with Gasteiger partial charge < -0.3 is 5.32 Å². The zero-order chi connectivity index (χ0) is 13.1. The Morgan fingerprint density at radius 1 is 1.41 bits per heavy atom. The summed E-state index contributed by atoms with van der Waals surface area (Å²) in [6.45, 7) is 7.78. The highest BCUT2D eigenvalue weighted by Crippen LogP contribution is 2.27. The number of anilines is 1. The summed E-state index contributed by atoms with van der Waals surface area (Å²) in [7, 11) is 0. The standard InChI is InChI=1S/C14H19FN2/c1-5-14(9-16,10(2)3)17-13-7-11(4)6-12(15)8-13/h6-8,10,17H,5H2,1-4H3. The number of nitrogens with zero attached hydrogens (tertiary/aromatic N) is 1. The van der Waals surface area contributed by atoms with Crippen LogP contribution < -0.4 is 5.32 Å². The highest BCUT2D eigenvalue weighted by molar-refractivity contribution is 5.50. The van der Waals surface area contributed by atoms with Gasteiger partial charge in [0.25, 0.3) is 0 Å². The Balaban J connectivity index is 3.06. The fourth-order valence-electron chi connectivity index (χ4n) is 1.94. The van der Waals surface area contributed by atoms with Gasteiger partial charge in [-0.05, 0) is 43.0 Å². The molecule has 0 saturated carbocycles. The summed E-state index contributed by atoms with van der Waals surface area (Å²) in [5.41, 5.74) is 0.874. The molecule has 0 heterocycles. The van der Waals surface area contributed by atoms with E-state index in [1.165, 1.54) is 12.1 Å². The fraction of sp³-hybridized carbons (Fsp3) is 0.500. The Kier molecular flexibility index (Phi) is 4.11. The van der Waals surface area contributed by atoms with E-state index in [2.05, 4.69) is 11.4 Å². The Morgan fingerprint density at radius 2 is 2.06 bits per heavy atom. The van der Waals surface area contributed by atoms with E-state index in [1.807, 2.05) is 33.8 Å². The van der Waals surface area contributed by atoms with E-state index < -0.39 is 5.54 Å². The average molecular weight is 234 g/mol. The Labute approximate surface area is 102 Å². The summed E-state index contributed by atoms with van der Waals surface area (Å²) in [6.07, 6.45) is 0.677. The summed E-state index contributed by atoms with van der Waals surface area (Å²) in [6, 6.07) is 7.07. The minimum absolute atomic E-state index is 0.154. The molecule has 0 spiro atoms. The van der Waals surface area contributed by atoms with Crippen LogP contribution in [0.4, 0.5) is 10.1 Å². The van der Waals surface area contributed by atoms with Gasteiger partial charge in [0.15, 0.2) is 0 Å². The average Bonchev–Trinajstić information content (AvgIpc) is 2.24. The van der Waals surface area contributed by atoms with Gasteiger partial charge in [0.2, 0.25) is 0 Å². The van der Waals surface area contributed by atoms with E-state index in [1.54, 1.807) is 0 Å². The number of aryl methyl sites for hydroxylation is 1. The second-order valence-corrected chi connectivity index (χ2v) is 4.73. The van der Waals surface area contributed by atoms with Crippen molar-refractivity contribution in [3.63, 3.8) is 0 Å². The van der Waals surface area contributed by atoms with Crippen LogP contribution in [0.15, 0.2) is 18.2 Å². The molecule has 0 fully saturated rings. The molecule has 17 heavy (non-hydrogen) atoms. The van der Waals surface area contributed by atoms with Gasteiger partial charge in [-0.2, -0.15) is 5.26 Å². The van der Waals surface area contributed by atoms with E-state index in [-0.39, 0.29) is 11.7 Å². The molecule has 0 aliphatic heterocycles. The Morgan fingerprint density at radius 3 is 2.47 bits per heavy atom. The van der Waals surface area contributed by atoms with Crippen molar-refractivity contribution in [1.29, 1.82) is 5.26 Å². The van der Waals surface area contributed by atoms with Crippen LogP contribution in [0.3, 0.4) is 0 Å². The minimum Gasteiger partial charge on any atom is -0.367 e. The lowest BCUT2D eigenvalue weighted by atomic mass is 9.85. The van der Waals surface area contributed by atoms with Crippen LogP contribution in [0.1, 0.15) is 32.8 Å². The van der Waals surface area contributed by atoms with Crippen molar-refractivity contribution in [2.45, 2.75) is 39.7 Å². The van der Waals surface area contributed by atoms with Gasteiger partial charge in [0.1, 0.15) is 11.4 Å². The highest BCUT2D eigenvalue weighted by Gasteiger charge is 2.31. The van der Waals surface area contributed by atoms with E-state index in [4.69, 9.17) is 0 Å². The van der Waals surface area contributed by atoms with Crippen LogP contribution in [0.25, 0.3) is 0 Å². The topological polar surface area (TPSA) is 35.8 Å². The molecule has 2 nitrogen and oxygen atoms in total. The van der Waals surface area contributed by atoms with E-state index >= 15 is 0 Å². The first-order valence-electron chi connectivity index (χ1n) is 5.90. The van der Waals surface area contributed by atoms with E-state index in [0.29, 0.717) is 12.1 Å². The maximum atomic E-state index is 13.3. The molecule has 0 bridgehead atoms. The third-order valence-electron chi connectivity index (χ3n) is 3.15. The maximum Gasteiger partial charge on any atom is 0.127 e. The van der Waals surface area contributed by atoms with Gasteiger partial charge >= 0.3 is 0 Å². The molecule has 1 unspecified atom stereocenters. The smallest absolute Gasteiger partial charge is 0.127 e. The molecule has 1 rings (SSSR count). The van der Waals surface area contributed by atoms with Crippen molar-refractivity contribution in [3.05, 3.63) is 29.6 Å². The van der Waals surface area contributed by atoms with Crippen molar-refractivity contribution >= 4 is 5.69 Å². The van der Waals surface area contributed by atoms with Crippen LogP contribution in [0.5, 0.6) is 0 Å². The summed E-state index contributed by atoms with van der Waals surface area (Å²) >= 11 is 0. The molecule has 0 radical (unpaired) electrons. The summed E-state index contributed by atoms with van der Waals surface area (Å²) < 4.78 is 13.3. The molecular weight excluding hydrogens is 215 g/mol. The minimum atomic E-state index is -0.639. The molecule has 1 N–H and O–H groups in total. The number of hydrogen-bond acceptors (Lipinski definition) is 2. The van der Waals surface area contributed by atoms with Crippen molar-refractivity contribution in [2.75, 3.05) is 5.32 Å². The van der Waals surface area contributed by atoms with Gasteiger partial charge in [-0.3, -0.25) is 0 Å². The van der Waals surface area contributed by atoms with Crippen LogP contribution in [0, 0.1) is 30.0 Å². The van der Waals surface area contributed by atoms with Gasteiger partial charge in [0.05, 0.1) is 6.07 Å². The first-order chi connectivity index (χ1) is 7.93. The van der Waals surface area contributed by atoms with Crippen LogP contribution in [-0.2, 0) is 0 Å². The molecule has 3 heteroatoms. The fourth-order valence-corrected chi connectivity index (χ4v) is 1.94. The molecule has 92 valence electrons. The molecule has 0 aliphatic rings. The second kappa shape index (κ2) is 5.18.